The van der Waals surface area contributed by atoms with Crippen molar-refractivity contribution in [2.75, 3.05) is 6.61 Å². The van der Waals surface area contributed by atoms with Crippen molar-refractivity contribution in [1.82, 2.24) is 35.1 Å². The zero-order valence-electron chi connectivity index (χ0n) is 21.1. The molecule has 1 N–H and O–H groups in total. The van der Waals surface area contributed by atoms with E-state index in [9.17, 15) is 4.79 Å². The topological polar surface area (TPSA) is 102 Å². The lowest BCUT2D eigenvalue weighted by molar-refractivity contribution is 0.0851. The minimum Gasteiger partial charge on any atom is -0.376 e. The Morgan fingerprint density at radius 3 is 2.86 bits per heavy atom. The highest BCUT2D eigenvalue weighted by Crippen LogP contribution is 2.30. The molecule has 1 fully saturated rings. The largest absolute Gasteiger partial charge is 0.376 e. The van der Waals surface area contributed by atoms with Crippen LogP contribution in [0.4, 0.5) is 0 Å². The van der Waals surface area contributed by atoms with Crippen LogP contribution in [0.1, 0.15) is 55.2 Å². The third kappa shape index (κ3) is 5.37. The molecule has 0 spiro atoms. The number of rotatable bonds is 9. The normalized spacial score (nSPS) is 16.9. The molecule has 188 valence electrons. The first-order chi connectivity index (χ1) is 17.5. The number of aromatic amines is 1. The van der Waals surface area contributed by atoms with Gasteiger partial charge in [-0.05, 0) is 71.3 Å². The molecular weight excluding hydrogens is 454 g/mol. The summed E-state index contributed by atoms with van der Waals surface area (Å²) in [5, 5.41) is 13.8. The van der Waals surface area contributed by atoms with E-state index in [2.05, 4.69) is 63.3 Å². The predicted octanol–water partition coefficient (Wildman–Crippen LogP) is 3.80. The van der Waals surface area contributed by atoms with Crippen LogP contribution in [0.15, 0.2) is 53.6 Å². The van der Waals surface area contributed by atoms with Crippen molar-refractivity contribution in [3.8, 4) is 0 Å². The molecule has 1 saturated heterocycles. The summed E-state index contributed by atoms with van der Waals surface area (Å²) in [6, 6.07) is 11.9. The van der Waals surface area contributed by atoms with E-state index < -0.39 is 0 Å². The van der Waals surface area contributed by atoms with Crippen molar-refractivity contribution in [2.45, 2.75) is 65.4 Å². The molecule has 0 unspecified atom stereocenters. The molecule has 0 bridgehead atoms. The third-order valence-electron chi connectivity index (χ3n) is 6.81. The quantitative estimate of drug-likeness (QED) is 0.383. The summed E-state index contributed by atoms with van der Waals surface area (Å²) in [7, 11) is 0. The maximum absolute atomic E-state index is 13.1. The van der Waals surface area contributed by atoms with Crippen molar-refractivity contribution in [3.63, 3.8) is 0 Å². The van der Waals surface area contributed by atoms with E-state index in [1.54, 1.807) is 6.20 Å². The lowest BCUT2D eigenvalue weighted by Gasteiger charge is -2.33. The highest BCUT2D eigenvalue weighted by molar-refractivity contribution is 5.79. The Hall–Kier alpha value is -3.43. The molecule has 36 heavy (non-hydrogen) atoms. The Labute approximate surface area is 210 Å². The van der Waals surface area contributed by atoms with Gasteiger partial charge in [0.1, 0.15) is 0 Å². The SMILES string of the molecule is Cc1ccc2[nH]c(=O)c(CN(Cc3cccnc3)[C@H](c3nnnn3C[C@@H]3CCCO3)C(C)C)cc2c1. The predicted molar refractivity (Wildman–Crippen MR) is 137 cm³/mol. The molecule has 9 heteroatoms. The van der Waals surface area contributed by atoms with E-state index in [0.717, 1.165) is 47.3 Å². The number of fused-ring (bicyclic) bond motifs is 1. The van der Waals surface area contributed by atoms with Crippen LogP contribution in [0.5, 0.6) is 0 Å². The number of nitrogens with one attached hydrogen (secondary N) is 1. The number of hydrogen-bond acceptors (Lipinski definition) is 7. The zero-order valence-corrected chi connectivity index (χ0v) is 21.1. The van der Waals surface area contributed by atoms with Gasteiger partial charge in [0.15, 0.2) is 5.82 Å². The molecule has 0 radical (unpaired) electrons. The van der Waals surface area contributed by atoms with Gasteiger partial charge in [-0.2, -0.15) is 0 Å². The molecule has 4 heterocycles. The molecule has 0 aliphatic carbocycles. The fourth-order valence-electron chi connectivity index (χ4n) is 5.10. The lowest BCUT2D eigenvalue weighted by atomic mass is 9.99. The maximum atomic E-state index is 13.1. The molecule has 5 rings (SSSR count). The first kappa shape index (κ1) is 24.3. The van der Waals surface area contributed by atoms with E-state index >= 15 is 0 Å². The summed E-state index contributed by atoms with van der Waals surface area (Å²) in [5.74, 6) is 0.982. The fourth-order valence-corrected chi connectivity index (χ4v) is 5.10. The van der Waals surface area contributed by atoms with Crippen LogP contribution in [0, 0.1) is 12.8 Å². The summed E-state index contributed by atoms with van der Waals surface area (Å²) in [6.45, 7) is 8.86. The van der Waals surface area contributed by atoms with Crippen molar-refractivity contribution >= 4 is 10.9 Å². The molecule has 1 aliphatic rings. The number of pyridine rings is 2. The minimum absolute atomic E-state index is 0.0796. The zero-order chi connectivity index (χ0) is 25.1. The smallest absolute Gasteiger partial charge is 0.252 e. The second-order valence-corrected chi connectivity index (χ2v) is 10.0. The van der Waals surface area contributed by atoms with Gasteiger partial charge in [0.25, 0.3) is 5.56 Å². The second-order valence-electron chi connectivity index (χ2n) is 10.0. The Morgan fingerprint density at radius 1 is 1.22 bits per heavy atom. The Bertz CT molecular complexity index is 1360. The molecule has 4 aromatic rings. The van der Waals surface area contributed by atoms with E-state index in [-0.39, 0.29) is 23.6 Å². The van der Waals surface area contributed by atoms with Gasteiger partial charge in [-0.1, -0.05) is 31.5 Å². The number of benzene rings is 1. The van der Waals surface area contributed by atoms with Crippen LogP contribution >= 0.6 is 0 Å². The molecule has 3 aromatic heterocycles. The summed E-state index contributed by atoms with van der Waals surface area (Å²) < 4.78 is 7.74. The number of ether oxygens (including phenoxy) is 1. The molecule has 1 aliphatic heterocycles. The molecule has 2 atom stereocenters. The summed E-state index contributed by atoms with van der Waals surface area (Å²) in [6.07, 6.45) is 5.84. The molecule has 1 aromatic carbocycles. The van der Waals surface area contributed by atoms with E-state index in [0.29, 0.717) is 25.2 Å². The van der Waals surface area contributed by atoms with Crippen LogP contribution in [-0.4, -0.2) is 47.8 Å². The summed E-state index contributed by atoms with van der Waals surface area (Å²) in [5.41, 5.74) is 3.69. The number of aryl methyl sites for hydroxylation is 1. The van der Waals surface area contributed by atoms with Crippen molar-refractivity contribution in [3.05, 3.63) is 81.7 Å². The van der Waals surface area contributed by atoms with Gasteiger partial charge in [0.05, 0.1) is 18.7 Å². The average molecular weight is 488 g/mol. The number of tetrazole rings is 1. The summed E-state index contributed by atoms with van der Waals surface area (Å²) in [4.78, 5) is 22.8. The molecule has 0 saturated carbocycles. The van der Waals surface area contributed by atoms with Crippen LogP contribution in [-0.2, 0) is 24.4 Å². The van der Waals surface area contributed by atoms with Crippen LogP contribution in [0.3, 0.4) is 0 Å². The Morgan fingerprint density at radius 2 is 2.11 bits per heavy atom. The van der Waals surface area contributed by atoms with Gasteiger partial charge in [-0.15, -0.1) is 5.10 Å². The van der Waals surface area contributed by atoms with Crippen LogP contribution < -0.4 is 5.56 Å². The molecule has 9 nitrogen and oxygen atoms in total. The van der Waals surface area contributed by atoms with E-state index in [1.165, 1.54) is 0 Å². The number of hydrogen-bond donors (Lipinski definition) is 1. The second kappa shape index (κ2) is 10.7. The van der Waals surface area contributed by atoms with Crippen LogP contribution in [0.25, 0.3) is 10.9 Å². The Balaban J connectivity index is 1.53. The fraction of sp³-hybridized carbons (Fsp3) is 0.444. The van der Waals surface area contributed by atoms with Crippen molar-refractivity contribution in [2.24, 2.45) is 5.92 Å². The molecular formula is C27H33N7O2. The van der Waals surface area contributed by atoms with Gasteiger partial charge in [-0.25, -0.2) is 4.68 Å². The Kier molecular flexibility index (Phi) is 7.20. The first-order valence-corrected chi connectivity index (χ1v) is 12.6. The van der Waals surface area contributed by atoms with E-state index in [1.807, 2.05) is 35.1 Å². The van der Waals surface area contributed by atoms with Gasteiger partial charge in [0, 0.05) is 43.2 Å². The maximum Gasteiger partial charge on any atom is 0.252 e. The standard InChI is InChI=1S/C27H33N7O2/c1-18(2)25(26-30-31-32-34(26)17-23-7-5-11-36-23)33(15-20-6-4-10-28-14-20)16-22-13-21-12-19(3)8-9-24(21)29-27(22)35/h4,6,8-10,12-14,18,23,25H,5,7,11,15-17H2,1-3H3,(H,29,35)/t23-,25-/m0/s1. The number of nitrogens with zero attached hydrogens (tertiary/aromatic N) is 6. The average Bonchev–Trinajstić information content (AvgIpc) is 3.53. The number of aromatic nitrogens is 6. The van der Waals surface area contributed by atoms with E-state index in [4.69, 9.17) is 4.74 Å². The minimum atomic E-state index is -0.116. The lowest BCUT2D eigenvalue weighted by Crippen LogP contribution is -2.36. The first-order valence-electron chi connectivity index (χ1n) is 12.6. The monoisotopic (exact) mass is 487 g/mol. The molecule has 0 amide bonds. The van der Waals surface area contributed by atoms with Crippen molar-refractivity contribution < 1.29 is 4.74 Å². The summed E-state index contributed by atoms with van der Waals surface area (Å²) >= 11 is 0. The van der Waals surface area contributed by atoms with Gasteiger partial charge in [-0.3, -0.25) is 14.7 Å². The highest BCUT2D eigenvalue weighted by Gasteiger charge is 2.31. The van der Waals surface area contributed by atoms with Gasteiger partial charge < -0.3 is 9.72 Å². The van der Waals surface area contributed by atoms with Gasteiger partial charge in [0.2, 0.25) is 0 Å². The van der Waals surface area contributed by atoms with Crippen LogP contribution in [0.2, 0.25) is 0 Å². The highest BCUT2D eigenvalue weighted by atomic mass is 16.5. The van der Waals surface area contributed by atoms with Crippen molar-refractivity contribution in [1.29, 1.82) is 0 Å². The third-order valence-corrected chi connectivity index (χ3v) is 6.81. The van der Waals surface area contributed by atoms with Gasteiger partial charge >= 0.3 is 0 Å². The number of H-pyrrole nitrogens is 1.